The Labute approximate surface area is 112 Å². The van der Waals surface area contributed by atoms with Gasteiger partial charge in [0.05, 0.1) is 13.2 Å². The second-order valence-corrected chi connectivity index (χ2v) is 6.43. The molecule has 1 aliphatic carbocycles. The minimum absolute atomic E-state index is 0.261. The zero-order valence-corrected chi connectivity index (χ0v) is 12.2. The smallest absolute Gasteiger partial charge is 0.171 e. The van der Waals surface area contributed by atoms with E-state index in [9.17, 15) is 0 Å². The largest absolute Gasteiger partial charge is 0.347 e. The zero-order chi connectivity index (χ0) is 13.2. The van der Waals surface area contributed by atoms with Crippen LogP contribution in [0.2, 0.25) is 0 Å². The number of hydrogen-bond donors (Lipinski definition) is 0. The fraction of sp³-hybridized carbons (Fsp3) is 0.875. The van der Waals surface area contributed by atoms with Crippen molar-refractivity contribution >= 4 is 0 Å². The first-order valence-corrected chi connectivity index (χ1v) is 7.47. The first-order valence-electron chi connectivity index (χ1n) is 7.47. The molecule has 2 aliphatic rings. The van der Waals surface area contributed by atoms with Gasteiger partial charge in [0.2, 0.25) is 0 Å². The second kappa shape index (κ2) is 5.75. The maximum atomic E-state index is 6.05. The van der Waals surface area contributed by atoms with Gasteiger partial charge in [0.25, 0.3) is 0 Å². The molecule has 1 heterocycles. The van der Waals surface area contributed by atoms with Crippen LogP contribution in [0.1, 0.15) is 52.9 Å². The third-order valence-corrected chi connectivity index (χ3v) is 4.59. The van der Waals surface area contributed by atoms with Gasteiger partial charge in [-0.2, -0.15) is 0 Å². The topological polar surface area (TPSA) is 18.5 Å². The van der Waals surface area contributed by atoms with Gasteiger partial charge in [-0.25, -0.2) is 0 Å². The summed E-state index contributed by atoms with van der Waals surface area (Å²) in [5.41, 5.74) is 1.28. The molecule has 0 aromatic carbocycles. The molecule has 2 fully saturated rings. The van der Waals surface area contributed by atoms with Crippen LogP contribution >= 0.6 is 0 Å². The molecule has 2 nitrogen and oxygen atoms in total. The van der Waals surface area contributed by atoms with Crippen LogP contribution < -0.4 is 0 Å². The summed E-state index contributed by atoms with van der Waals surface area (Å²) in [5, 5.41) is 0. The van der Waals surface area contributed by atoms with Crippen molar-refractivity contribution < 1.29 is 9.47 Å². The van der Waals surface area contributed by atoms with Crippen LogP contribution in [0.3, 0.4) is 0 Å². The zero-order valence-electron chi connectivity index (χ0n) is 12.2. The molecule has 0 radical (unpaired) electrons. The van der Waals surface area contributed by atoms with Crippen molar-refractivity contribution in [3.05, 3.63) is 12.2 Å². The van der Waals surface area contributed by atoms with Gasteiger partial charge >= 0.3 is 0 Å². The SMILES string of the molecule is C=C(C)CC(C(C)C)C1CCCCC12OCCO2. The van der Waals surface area contributed by atoms with Crippen molar-refractivity contribution in [1.29, 1.82) is 0 Å². The average Bonchev–Trinajstić information content (AvgIpc) is 2.76. The molecule has 104 valence electrons. The summed E-state index contributed by atoms with van der Waals surface area (Å²) in [6, 6.07) is 0. The summed E-state index contributed by atoms with van der Waals surface area (Å²) < 4.78 is 12.1. The molecule has 0 bridgehead atoms. The third-order valence-electron chi connectivity index (χ3n) is 4.59. The lowest BCUT2D eigenvalue weighted by molar-refractivity contribution is -0.227. The lowest BCUT2D eigenvalue weighted by atomic mass is 9.69. The van der Waals surface area contributed by atoms with E-state index in [1.54, 1.807) is 0 Å². The molecule has 1 saturated heterocycles. The lowest BCUT2D eigenvalue weighted by Crippen LogP contribution is -2.46. The Bertz CT molecular complexity index is 289. The molecule has 2 unspecified atom stereocenters. The van der Waals surface area contributed by atoms with Gasteiger partial charge in [-0.1, -0.05) is 25.8 Å². The monoisotopic (exact) mass is 252 g/mol. The van der Waals surface area contributed by atoms with Crippen LogP contribution in [0.25, 0.3) is 0 Å². The predicted molar refractivity (Wildman–Crippen MR) is 74.4 cm³/mol. The van der Waals surface area contributed by atoms with E-state index in [1.807, 2.05) is 0 Å². The molecule has 0 amide bonds. The van der Waals surface area contributed by atoms with Crippen LogP contribution in [0.15, 0.2) is 12.2 Å². The molecule has 2 heteroatoms. The highest BCUT2D eigenvalue weighted by atomic mass is 16.7. The Morgan fingerprint density at radius 3 is 2.50 bits per heavy atom. The van der Waals surface area contributed by atoms with E-state index in [1.165, 1.54) is 24.8 Å². The predicted octanol–water partition coefficient (Wildman–Crippen LogP) is 4.16. The second-order valence-electron chi connectivity index (χ2n) is 6.43. The van der Waals surface area contributed by atoms with Gasteiger partial charge in [0.1, 0.15) is 0 Å². The van der Waals surface area contributed by atoms with Crippen molar-refractivity contribution in [1.82, 2.24) is 0 Å². The van der Waals surface area contributed by atoms with E-state index < -0.39 is 0 Å². The van der Waals surface area contributed by atoms with E-state index in [0.717, 1.165) is 26.1 Å². The van der Waals surface area contributed by atoms with Crippen LogP contribution in [-0.4, -0.2) is 19.0 Å². The van der Waals surface area contributed by atoms with Crippen molar-refractivity contribution in [2.24, 2.45) is 17.8 Å². The van der Waals surface area contributed by atoms with E-state index >= 15 is 0 Å². The highest BCUT2D eigenvalue weighted by molar-refractivity contribution is 4.98. The van der Waals surface area contributed by atoms with Gasteiger partial charge in [0, 0.05) is 12.3 Å². The van der Waals surface area contributed by atoms with Gasteiger partial charge in [0.15, 0.2) is 5.79 Å². The van der Waals surface area contributed by atoms with Crippen LogP contribution in [0.4, 0.5) is 0 Å². The molecule has 2 rings (SSSR count). The third kappa shape index (κ3) is 2.80. The van der Waals surface area contributed by atoms with Gasteiger partial charge < -0.3 is 9.47 Å². The van der Waals surface area contributed by atoms with Crippen molar-refractivity contribution in [3.8, 4) is 0 Å². The van der Waals surface area contributed by atoms with Gasteiger partial charge in [-0.3, -0.25) is 0 Å². The molecule has 1 aliphatic heterocycles. The van der Waals surface area contributed by atoms with Crippen LogP contribution in [0.5, 0.6) is 0 Å². The van der Waals surface area contributed by atoms with Crippen LogP contribution in [0, 0.1) is 17.8 Å². The van der Waals surface area contributed by atoms with E-state index in [4.69, 9.17) is 9.47 Å². The maximum Gasteiger partial charge on any atom is 0.171 e. The normalized spacial score (nSPS) is 28.8. The average molecular weight is 252 g/mol. The maximum absolute atomic E-state index is 6.05. The fourth-order valence-electron chi connectivity index (χ4n) is 3.76. The quantitative estimate of drug-likeness (QED) is 0.699. The summed E-state index contributed by atoms with van der Waals surface area (Å²) in [6.07, 6.45) is 6.00. The highest BCUT2D eigenvalue weighted by Crippen LogP contribution is 2.47. The van der Waals surface area contributed by atoms with Crippen LogP contribution in [-0.2, 0) is 9.47 Å². The molecule has 1 saturated carbocycles. The van der Waals surface area contributed by atoms with Crippen molar-refractivity contribution in [2.45, 2.75) is 58.7 Å². The molecular weight excluding hydrogens is 224 g/mol. The van der Waals surface area contributed by atoms with E-state index in [0.29, 0.717) is 17.8 Å². The molecule has 18 heavy (non-hydrogen) atoms. The highest BCUT2D eigenvalue weighted by Gasteiger charge is 2.49. The Morgan fingerprint density at radius 2 is 1.94 bits per heavy atom. The Morgan fingerprint density at radius 1 is 1.28 bits per heavy atom. The van der Waals surface area contributed by atoms with Gasteiger partial charge in [-0.15, -0.1) is 6.58 Å². The van der Waals surface area contributed by atoms with E-state index in [2.05, 4.69) is 27.4 Å². The summed E-state index contributed by atoms with van der Waals surface area (Å²) >= 11 is 0. The molecule has 2 atom stereocenters. The Balaban J connectivity index is 2.17. The Kier molecular flexibility index (Phi) is 4.50. The Hall–Kier alpha value is -0.340. The van der Waals surface area contributed by atoms with Gasteiger partial charge in [-0.05, 0) is 38.0 Å². The van der Waals surface area contributed by atoms with E-state index in [-0.39, 0.29) is 5.79 Å². The standard InChI is InChI=1S/C16H28O2/c1-12(2)11-14(13(3)4)15-7-5-6-8-16(15)17-9-10-18-16/h13-15H,1,5-11H2,2-4H3. The first kappa shape index (κ1) is 14.1. The first-order chi connectivity index (χ1) is 8.55. The van der Waals surface area contributed by atoms with Crippen molar-refractivity contribution in [3.63, 3.8) is 0 Å². The molecule has 0 aromatic rings. The minimum Gasteiger partial charge on any atom is -0.347 e. The molecule has 0 aromatic heterocycles. The number of rotatable bonds is 4. The number of allylic oxidation sites excluding steroid dienone is 1. The summed E-state index contributed by atoms with van der Waals surface area (Å²) in [5.74, 6) is 1.59. The molecule has 1 spiro atoms. The molecular formula is C16H28O2. The number of ether oxygens (including phenoxy) is 2. The fourth-order valence-corrected chi connectivity index (χ4v) is 3.76. The van der Waals surface area contributed by atoms with Crippen molar-refractivity contribution in [2.75, 3.05) is 13.2 Å². The minimum atomic E-state index is -0.261. The summed E-state index contributed by atoms with van der Waals surface area (Å²) in [4.78, 5) is 0. The summed E-state index contributed by atoms with van der Waals surface area (Å²) in [7, 11) is 0. The lowest BCUT2D eigenvalue weighted by Gasteiger charge is -2.45. The molecule has 0 N–H and O–H groups in total. The number of hydrogen-bond acceptors (Lipinski definition) is 2. The summed E-state index contributed by atoms with van der Waals surface area (Å²) in [6.45, 7) is 12.4.